The maximum absolute atomic E-state index is 11.3. The zero-order valence-electron chi connectivity index (χ0n) is 7.60. The summed E-state index contributed by atoms with van der Waals surface area (Å²) < 4.78 is 0. The number of nitrogens with zero attached hydrogens (tertiary/aromatic N) is 1. The number of carboxylic acids is 1. The molecule has 6 nitrogen and oxygen atoms in total. The first-order chi connectivity index (χ1) is 6.52. The van der Waals surface area contributed by atoms with Crippen LogP contribution in [0.15, 0.2) is 0 Å². The Morgan fingerprint density at radius 1 is 1.57 bits per heavy atom. The molecule has 0 saturated carbocycles. The summed E-state index contributed by atoms with van der Waals surface area (Å²) in [6, 6.07) is -1.23. The van der Waals surface area contributed by atoms with Crippen molar-refractivity contribution in [3.8, 4) is 0 Å². The molecule has 14 heavy (non-hydrogen) atoms. The van der Waals surface area contributed by atoms with Crippen molar-refractivity contribution in [3.63, 3.8) is 0 Å². The molecule has 0 bridgehead atoms. The highest BCUT2D eigenvalue weighted by Gasteiger charge is 2.28. The van der Waals surface area contributed by atoms with Crippen molar-refractivity contribution >= 4 is 17.8 Å². The minimum Gasteiger partial charge on any atom is -0.480 e. The number of carbonyl (C=O) groups excluding carboxylic acids is 2. The van der Waals surface area contributed by atoms with Crippen LogP contribution in [0.3, 0.4) is 0 Å². The van der Waals surface area contributed by atoms with Gasteiger partial charge in [0.25, 0.3) is 0 Å². The van der Waals surface area contributed by atoms with Gasteiger partial charge >= 0.3 is 5.97 Å². The highest BCUT2D eigenvalue weighted by molar-refractivity contribution is 5.98. The summed E-state index contributed by atoms with van der Waals surface area (Å²) in [6.45, 7) is 0.379. The third-order valence-corrected chi connectivity index (χ3v) is 2.09. The zero-order valence-corrected chi connectivity index (χ0v) is 7.60. The maximum atomic E-state index is 11.3. The Kier molecular flexibility index (Phi) is 3.19. The quantitative estimate of drug-likeness (QED) is 0.604. The van der Waals surface area contributed by atoms with E-state index in [1.807, 2.05) is 0 Å². The molecule has 6 heteroatoms. The van der Waals surface area contributed by atoms with Crippen LogP contribution in [0.25, 0.3) is 0 Å². The lowest BCUT2D eigenvalue weighted by atomic mass is 10.2. The van der Waals surface area contributed by atoms with Gasteiger partial charge in [-0.1, -0.05) is 0 Å². The maximum Gasteiger partial charge on any atom is 0.321 e. The van der Waals surface area contributed by atoms with Gasteiger partial charge in [-0.3, -0.25) is 19.3 Å². The Bertz CT molecular complexity index is 277. The van der Waals surface area contributed by atoms with Crippen molar-refractivity contribution < 1.29 is 19.5 Å². The minimum absolute atomic E-state index is 0.243. The number of aliphatic carboxylic acids is 1. The Morgan fingerprint density at radius 2 is 2.21 bits per heavy atom. The number of hydrogen-bond donors (Lipinski definition) is 2. The van der Waals surface area contributed by atoms with Crippen LogP contribution in [0.4, 0.5) is 0 Å². The van der Waals surface area contributed by atoms with E-state index in [0.717, 1.165) is 4.90 Å². The van der Waals surface area contributed by atoms with Gasteiger partial charge < -0.3 is 10.8 Å². The molecule has 0 aromatic heterocycles. The van der Waals surface area contributed by atoms with Crippen molar-refractivity contribution in [2.24, 2.45) is 5.73 Å². The summed E-state index contributed by atoms with van der Waals surface area (Å²) in [5.74, 6) is -1.97. The van der Waals surface area contributed by atoms with Crippen LogP contribution >= 0.6 is 0 Å². The van der Waals surface area contributed by atoms with Crippen LogP contribution in [-0.4, -0.2) is 40.4 Å². The fraction of sp³-hybridized carbons (Fsp3) is 0.625. The number of rotatable bonds is 3. The van der Waals surface area contributed by atoms with E-state index in [1.165, 1.54) is 0 Å². The Balaban J connectivity index is 2.49. The van der Waals surface area contributed by atoms with E-state index in [-0.39, 0.29) is 12.3 Å². The largest absolute Gasteiger partial charge is 0.480 e. The Labute approximate surface area is 80.7 Å². The third-order valence-electron chi connectivity index (χ3n) is 2.09. The summed E-state index contributed by atoms with van der Waals surface area (Å²) in [5.41, 5.74) is 5.17. The molecular formula is C8H12N2O4. The molecule has 78 valence electrons. The van der Waals surface area contributed by atoms with Gasteiger partial charge in [0.05, 0.1) is 6.42 Å². The average Bonchev–Trinajstić information content (AvgIpc) is 2.51. The molecule has 0 radical (unpaired) electrons. The Hall–Kier alpha value is -1.43. The highest BCUT2D eigenvalue weighted by Crippen LogP contribution is 2.11. The van der Waals surface area contributed by atoms with Crippen LogP contribution in [0.5, 0.6) is 0 Å². The Morgan fingerprint density at radius 3 is 2.64 bits per heavy atom. The van der Waals surface area contributed by atoms with Gasteiger partial charge in [0, 0.05) is 13.0 Å². The average molecular weight is 200 g/mol. The first kappa shape index (κ1) is 10.6. The molecule has 0 spiro atoms. The smallest absolute Gasteiger partial charge is 0.321 e. The van der Waals surface area contributed by atoms with E-state index in [1.54, 1.807) is 0 Å². The predicted molar refractivity (Wildman–Crippen MR) is 46.2 cm³/mol. The van der Waals surface area contributed by atoms with Crippen LogP contribution in [0.1, 0.15) is 19.3 Å². The summed E-state index contributed by atoms with van der Waals surface area (Å²) in [5, 5.41) is 8.46. The molecule has 1 fully saturated rings. The molecule has 1 saturated heterocycles. The van der Waals surface area contributed by atoms with E-state index in [4.69, 9.17) is 10.8 Å². The summed E-state index contributed by atoms with van der Waals surface area (Å²) in [4.78, 5) is 33.8. The monoisotopic (exact) mass is 200 g/mol. The summed E-state index contributed by atoms with van der Waals surface area (Å²) in [6.07, 6.45) is 0.683. The van der Waals surface area contributed by atoms with Crippen molar-refractivity contribution in [3.05, 3.63) is 0 Å². The summed E-state index contributed by atoms with van der Waals surface area (Å²) >= 11 is 0. The molecule has 1 heterocycles. The van der Waals surface area contributed by atoms with E-state index < -0.39 is 17.9 Å². The van der Waals surface area contributed by atoms with Crippen molar-refractivity contribution in [2.75, 3.05) is 6.54 Å². The standard InChI is InChI=1S/C8H12N2O4/c9-5(8(13)14)4-7(12)10-3-1-2-6(10)11/h5H,1-4,9H2,(H,13,14)/t5-/m0/s1. The van der Waals surface area contributed by atoms with Crippen molar-refractivity contribution in [1.82, 2.24) is 4.90 Å². The molecule has 0 aromatic carbocycles. The third kappa shape index (κ3) is 2.29. The zero-order chi connectivity index (χ0) is 10.7. The fourth-order valence-corrected chi connectivity index (χ4v) is 1.30. The van der Waals surface area contributed by atoms with Gasteiger partial charge in [0.1, 0.15) is 6.04 Å². The first-order valence-corrected chi connectivity index (χ1v) is 4.34. The second-order valence-corrected chi connectivity index (χ2v) is 3.19. The molecule has 0 aliphatic carbocycles. The van der Waals surface area contributed by atoms with Gasteiger partial charge in [-0.05, 0) is 6.42 Å². The van der Waals surface area contributed by atoms with E-state index in [9.17, 15) is 14.4 Å². The molecular weight excluding hydrogens is 188 g/mol. The molecule has 1 atom stereocenters. The first-order valence-electron chi connectivity index (χ1n) is 4.34. The van der Waals surface area contributed by atoms with Gasteiger partial charge in [-0.2, -0.15) is 0 Å². The number of carboxylic acid groups (broad SMARTS) is 1. The minimum atomic E-state index is -1.23. The number of carbonyl (C=O) groups is 3. The van der Waals surface area contributed by atoms with E-state index in [0.29, 0.717) is 19.4 Å². The second kappa shape index (κ2) is 4.19. The van der Waals surface area contributed by atoms with Gasteiger partial charge in [-0.25, -0.2) is 0 Å². The van der Waals surface area contributed by atoms with E-state index in [2.05, 4.69) is 0 Å². The lowest BCUT2D eigenvalue weighted by Crippen LogP contribution is -2.39. The lowest BCUT2D eigenvalue weighted by Gasteiger charge is -2.14. The molecule has 2 amide bonds. The van der Waals surface area contributed by atoms with Crippen LogP contribution in [0.2, 0.25) is 0 Å². The highest BCUT2D eigenvalue weighted by atomic mass is 16.4. The number of amides is 2. The number of nitrogens with two attached hydrogens (primary N) is 1. The second-order valence-electron chi connectivity index (χ2n) is 3.19. The SMILES string of the molecule is N[C@@H](CC(=O)N1CCCC1=O)C(=O)O. The number of imide groups is 1. The molecule has 3 N–H and O–H groups in total. The van der Waals surface area contributed by atoms with Crippen molar-refractivity contribution in [1.29, 1.82) is 0 Å². The van der Waals surface area contributed by atoms with Crippen molar-refractivity contribution in [2.45, 2.75) is 25.3 Å². The van der Waals surface area contributed by atoms with Crippen LogP contribution in [0, 0.1) is 0 Å². The molecule has 1 aliphatic rings. The van der Waals surface area contributed by atoms with Gasteiger partial charge in [0.2, 0.25) is 11.8 Å². The number of likely N-dealkylation sites (tertiary alicyclic amines) is 1. The molecule has 1 aliphatic heterocycles. The number of hydrogen-bond acceptors (Lipinski definition) is 4. The summed E-state index contributed by atoms with van der Waals surface area (Å²) in [7, 11) is 0. The molecule has 1 rings (SSSR count). The lowest BCUT2D eigenvalue weighted by molar-refractivity contribution is -0.146. The van der Waals surface area contributed by atoms with Gasteiger partial charge in [-0.15, -0.1) is 0 Å². The molecule has 0 unspecified atom stereocenters. The topological polar surface area (TPSA) is 101 Å². The van der Waals surface area contributed by atoms with E-state index >= 15 is 0 Å². The fourth-order valence-electron chi connectivity index (χ4n) is 1.30. The van der Waals surface area contributed by atoms with Crippen LogP contribution in [-0.2, 0) is 14.4 Å². The van der Waals surface area contributed by atoms with Crippen LogP contribution < -0.4 is 5.73 Å². The van der Waals surface area contributed by atoms with Gasteiger partial charge in [0.15, 0.2) is 0 Å². The molecule has 0 aromatic rings. The predicted octanol–water partition coefficient (Wildman–Crippen LogP) is -1.06. The normalized spacial score (nSPS) is 18.4.